The van der Waals surface area contributed by atoms with Gasteiger partial charge in [0.05, 0.1) is 6.26 Å². The zero-order valence-electron chi connectivity index (χ0n) is 8.53. The molecule has 0 radical (unpaired) electrons. The zero-order chi connectivity index (χ0) is 9.97. The molecule has 2 aromatic rings. The van der Waals surface area contributed by atoms with Gasteiger partial charge < -0.3 is 4.42 Å². The summed E-state index contributed by atoms with van der Waals surface area (Å²) in [4.78, 5) is 0. The van der Waals surface area contributed by atoms with Gasteiger partial charge in [0, 0.05) is 5.92 Å². The van der Waals surface area contributed by atoms with Crippen LogP contribution in [0.3, 0.4) is 0 Å². The van der Waals surface area contributed by atoms with Crippen LogP contribution in [0.1, 0.15) is 29.7 Å². The molecule has 0 spiro atoms. The Labute approximate surface area is 84.4 Å². The molecule has 0 aliphatic rings. The third-order valence-electron chi connectivity index (χ3n) is 2.55. The van der Waals surface area contributed by atoms with Crippen LogP contribution in [-0.4, -0.2) is 0 Å². The van der Waals surface area contributed by atoms with E-state index in [0.29, 0.717) is 5.92 Å². The lowest BCUT2D eigenvalue weighted by molar-refractivity contribution is 0.496. The Hall–Kier alpha value is -1.50. The molecule has 0 aliphatic carbocycles. The van der Waals surface area contributed by atoms with Crippen molar-refractivity contribution < 1.29 is 4.42 Å². The van der Waals surface area contributed by atoms with E-state index in [1.54, 1.807) is 6.26 Å². The van der Waals surface area contributed by atoms with Crippen LogP contribution in [-0.2, 0) is 0 Å². The van der Waals surface area contributed by atoms with E-state index in [1.165, 1.54) is 11.1 Å². The summed E-state index contributed by atoms with van der Waals surface area (Å²) in [5, 5.41) is 0. The van der Waals surface area contributed by atoms with Crippen LogP contribution in [0, 0.1) is 6.92 Å². The topological polar surface area (TPSA) is 13.1 Å². The highest BCUT2D eigenvalue weighted by atomic mass is 16.3. The molecule has 0 amide bonds. The van der Waals surface area contributed by atoms with Gasteiger partial charge in [0.25, 0.3) is 0 Å². The standard InChI is InChI=1S/C13H14O/c1-10-5-7-12(8-6-10)11(2)13-4-3-9-14-13/h3-9,11H,1-2H3. The molecule has 1 heteroatoms. The summed E-state index contributed by atoms with van der Waals surface area (Å²) < 4.78 is 5.38. The molecule has 0 aliphatic heterocycles. The second-order valence-corrected chi connectivity index (χ2v) is 3.65. The first-order valence-electron chi connectivity index (χ1n) is 4.87. The van der Waals surface area contributed by atoms with E-state index >= 15 is 0 Å². The Kier molecular flexibility index (Phi) is 2.40. The maximum absolute atomic E-state index is 5.38. The van der Waals surface area contributed by atoms with Crippen LogP contribution in [0.4, 0.5) is 0 Å². The van der Waals surface area contributed by atoms with Gasteiger partial charge in [-0.1, -0.05) is 36.8 Å². The lowest BCUT2D eigenvalue weighted by Gasteiger charge is -2.08. The minimum absolute atomic E-state index is 0.339. The van der Waals surface area contributed by atoms with Gasteiger partial charge in [-0.05, 0) is 24.6 Å². The van der Waals surface area contributed by atoms with Gasteiger partial charge in [0.15, 0.2) is 0 Å². The minimum atomic E-state index is 0.339. The third-order valence-corrected chi connectivity index (χ3v) is 2.55. The highest BCUT2D eigenvalue weighted by Gasteiger charge is 2.09. The first-order valence-corrected chi connectivity index (χ1v) is 4.87. The van der Waals surface area contributed by atoms with Crippen LogP contribution < -0.4 is 0 Å². The Morgan fingerprint density at radius 1 is 1.07 bits per heavy atom. The van der Waals surface area contributed by atoms with Crippen molar-refractivity contribution >= 4 is 0 Å². The summed E-state index contributed by atoms with van der Waals surface area (Å²) in [7, 11) is 0. The molecule has 0 saturated carbocycles. The summed E-state index contributed by atoms with van der Waals surface area (Å²) >= 11 is 0. The molecule has 0 saturated heterocycles. The quantitative estimate of drug-likeness (QED) is 0.696. The van der Waals surface area contributed by atoms with Crippen LogP contribution >= 0.6 is 0 Å². The van der Waals surface area contributed by atoms with Crippen molar-refractivity contribution in [2.24, 2.45) is 0 Å². The number of rotatable bonds is 2. The number of hydrogen-bond donors (Lipinski definition) is 0. The van der Waals surface area contributed by atoms with Crippen molar-refractivity contribution in [3.05, 3.63) is 59.5 Å². The van der Waals surface area contributed by atoms with Gasteiger partial charge in [0.2, 0.25) is 0 Å². The number of furan rings is 1. The fourth-order valence-corrected chi connectivity index (χ4v) is 1.56. The first-order chi connectivity index (χ1) is 6.77. The molecule has 1 nitrogen and oxygen atoms in total. The summed E-state index contributed by atoms with van der Waals surface area (Å²) in [6.45, 7) is 4.25. The Morgan fingerprint density at radius 2 is 1.79 bits per heavy atom. The maximum atomic E-state index is 5.38. The monoisotopic (exact) mass is 186 g/mol. The average molecular weight is 186 g/mol. The fourth-order valence-electron chi connectivity index (χ4n) is 1.56. The second kappa shape index (κ2) is 3.70. The molecule has 1 atom stereocenters. The zero-order valence-corrected chi connectivity index (χ0v) is 8.53. The number of benzene rings is 1. The summed E-state index contributed by atoms with van der Waals surface area (Å²) in [5.41, 5.74) is 2.59. The largest absolute Gasteiger partial charge is 0.469 e. The summed E-state index contributed by atoms with van der Waals surface area (Å²) in [6, 6.07) is 12.5. The predicted octanol–water partition coefficient (Wildman–Crippen LogP) is 3.74. The highest BCUT2D eigenvalue weighted by molar-refractivity contribution is 5.28. The molecule has 14 heavy (non-hydrogen) atoms. The van der Waals surface area contributed by atoms with Crippen molar-refractivity contribution in [2.75, 3.05) is 0 Å². The van der Waals surface area contributed by atoms with Crippen molar-refractivity contribution in [1.82, 2.24) is 0 Å². The highest BCUT2D eigenvalue weighted by Crippen LogP contribution is 2.24. The van der Waals surface area contributed by atoms with E-state index in [1.807, 2.05) is 12.1 Å². The molecule has 72 valence electrons. The Morgan fingerprint density at radius 3 is 2.36 bits per heavy atom. The van der Waals surface area contributed by atoms with Gasteiger partial charge in [0.1, 0.15) is 5.76 Å². The maximum Gasteiger partial charge on any atom is 0.110 e. The lowest BCUT2D eigenvalue weighted by atomic mass is 9.98. The van der Waals surface area contributed by atoms with Gasteiger partial charge in [-0.25, -0.2) is 0 Å². The first kappa shape index (κ1) is 9.07. The molecular formula is C13H14O. The fraction of sp³-hybridized carbons (Fsp3) is 0.231. The van der Waals surface area contributed by atoms with Crippen molar-refractivity contribution in [3.8, 4) is 0 Å². The summed E-state index contributed by atoms with van der Waals surface area (Å²) in [5.74, 6) is 1.36. The van der Waals surface area contributed by atoms with E-state index in [0.717, 1.165) is 5.76 Å². The van der Waals surface area contributed by atoms with Gasteiger partial charge in [-0.3, -0.25) is 0 Å². The van der Waals surface area contributed by atoms with Crippen LogP contribution in [0.5, 0.6) is 0 Å². The van der Waals surface area contributed by atoms with Gasteiger partial charge >= 0.3 is 0 Å². The predicted molar refractivity (Wildman–Crippen MR) is 57.4 cm³/mol. The number of aryl methyl sites for hydroxylation is 1. The van der Waals surface area contributed by atoms with Crippen molar-refractivity contribution in [3.63, 3.8) is 0 Å². The van der Waals surface area contributed by atoms with Crippen LogP contribution in [0.2, 0.25) is 0 Å². The van der Waals surface area contributed by atoms with Crippen molar-refractivity contribution in [2.45, 2.75) is 19.8 Å². The Balaban J connectivity index is 2.28. The van der Waals surface area contributed by atoms with E-state index < -0.39 is 0 Å². The van der Waals surface area contributed by atoms with E-state index in [9.17, 15) is 0 Å². The molecule has 0 N–H and O–H groups in total. The van der Waals surface area contributed by atoms with Crippen molar-refractivity contribution in [1.29, 1.82) is 0 Å². The molecule has 0 fully saturated rings. The number of hydrogen-bond acceptors (Lipinski definition) is 1. The van der Waals surface area contributed by atoms with Gasteiger partial charge in [-0.15, -0.1) is 0 Å². The van der Waals surface area contributed by atoms with Crippen LogP contribution in [0.15, 0.2) is 47.1 Å². The second-order valence-electron chi connectivity index (χ2n) is 3.65. The molecular weight excluding hydrogens is 172 g/mol. The normalized spacial score (nSPS) is 12.7. The minimum Gasteiger partial charge on any atom is -0.469 e. The van der Waals surface area contributed by atoms with Crippen LogP contribution in [0.25, 0.3) is 0 Å². The Bertz CT molecular complexity index is 384. The SMILES string of the molecule is Cc1ccc(C(C)c2ccco2)cc1. The van der Waals surface area contributed by atoms with E-state index in [4.69, 9.17) is 4.42 Å². The smallest absolute Gasteiger partial charge is 0.110 e. The lowest BCUT2D eigenvalue weighted by Crippen LogP contribution is -1.93. The average Bonchev–Trinajstić information content (AvgIpc) is 2.71. The third kappa shape index (κ3) is 1.72. The molecule has 0 bridgehead atoms. The van der Waals surface area contributed by atoms with E-state index in [2.05, 4.69) is 38.1 Å². The molecule has 1 unspecified atom stereocenters. The molecule has 1 heterocycles. The summed E-state index contributed by atoms with van der Waals surface area (Å²) in [6.07, 6.45) is 1.72. The van der Waals surface area contributed by atoms with Gasteiger partial charge in [-0.2, -0.15) is 0 Å². The molecule has 1 aromatic carbocycles. The molecule has 1 aromatic heterocycles. The molecule has 2 rings (SSSR count). The van der Waals surface area contributed by atoms with E-state index in [-0.39, 0.29) is 0 Å².